The molecule has 0 saturated carbocycles. The predicted octanol–water partition coefficient (Wildman–Crippen LogP) is 4.47. The van der Waals surface area contributed by atoms with E-state index >= 15 is 0 Å². The van der Waals surface area contributed by atoms with Gasteiger partial charge in [-0.1, -0.05) is 18.2 Å². The van der Waals surface area contributed by atoms with Gasteiger partial charge in [0.05, 0.1) is 23.4 Å². The third-order valence-electron chi connectivity index (χ3n) is 4.44. The number of benzene rings is 2. The highest BCUT2D eigenvalue weighted by Crippen LogP contribution is 2.24. The van der Waals surface area contributed by atoms with Gasteiger partial charge in [-0.05, 0) is 26.0 Å². The lowest BCUT2D eigenvalue weighted by molar-refractivity contribution is -0.144. The van der Waals surface area contributed by atoms with Gasteiger partial charge in [0.2, 0.25) is 5.82 Å². The quantitative estimate of drug-likeness (QED) is 0.270. The van der Waals surface area contributed by atoms with Crippen molar-refractivity contribution in [3.63, 3.8) is 0 Å². The van der Waals surface area contributed by atoms with Gasteiger partial charge in [-0.25, -0.2) is 26.6 Å². The molecule has 29 heavy (non-hydrogen) atoms. The first-order valence-corrected chi connectivity index (χ1v) is 8.48. The molecule has 0 atom stereocenters. The first-order chi connectivity index (χ1) is 13.7. The summed E-state index contributed by atoms with van der Waals surface area (Å²) in [5.74, 6) is -11.4. The van der Waals surface area contributed by atoms with Crippen molar-refractivity contribution in [2.45, 2.75) is 26.9 Å². The van der Waals surface area contributed by atoms with Crippen LogP contribution in [0.2, 0.25) is 0 Å². The fraction of sp³-hybridized carbons (Fsp3) is 0.200. The Morgan fingerprint density at radius 3 is 2.03 bits per heavy atom. The summed E-state index contributed by atoms with van der Waals surface area (Å²) in [6.45, 7) is 2.33. The number of carbonyl (C=O) groups excluding carboxylic acids is 1. The largest absolute Gasteiger partial charge is 0.460 e. The number of nitrogens with zero attached hydrogens (tertiary/aromatic N) is 2. The molecule has 0 unspecified atom stereocenters. The molecule has 0 N–H and O–H groups in total. The topological polar surface area (TPSA) is 44.1 Å². The van der Waals surface area contributed by atoms with Gasteiger partial charge < -0.3 is 4.74 Å². The SMILES string of the molecule is Cc1nn(-c2ccccc2)c(C)c1CC(=O)OCc1c(F)c(F)c(F)c(F)c1F. The van der Waals surface area contributed by atoms with Crippen molar-refractivity contribution in [2.24, 2.45) is 0 Å². The zero-order chi connectivity index (χ0) is 21.3. The molecule has 0 aliphatic rings. The molecular formula is C20H15F5N2O2. The lowest BCUT2D eigenvalue weighted by atomic mass is 10.1. The second kappa shape index (κ2) is 8.02. The average Bonchev–Trinajstić information content (AvgIpc) is 2.99. The van der Waals surface area contributed by atoms with Gasteiger partial charge in [0.1, 0.15) is 6.61 Å². The Morgan fingerprint density at radius 1 is 0.897 bits per heavy atom. The molecule has 0 saturated heterocycles. The van der Waals surface area contributed by atoms with Crippen LogP contribution in [0, 0.1) is 42.9 Å². The number of hydrogen-bond donors (Lipinski definition) is 0. The van der Waals surface area contributed by atoms with E-state index in [2.05, 4.69) is 5.10 Å². The summed E-state index contributed by atoms with van der Waals surface area (Å²) in [5, 5.41) is 4.36. The number of aromatic nitrogens is 2. The standard InChI is InChI=1S/C20H15F5N2O2/c1-10-13(11(2)27(26-10)12-6-4-3-5-7-12)8-15(28)29-9-14-16(21)18(23)20(25)19(24)17(14)22/h3-7H,8-9H2,1-2H3. The average molecular weight is 410 g/mol. The Hall–Kier alpha value is -3.23. The third-order valence-corrected chi connectivity index (χ3v) is 4.44. The second-order valence-electron chi connectivity index (χ2n) is 6.28. The first kappa shape index (κ1) is 20.5. The Balaban J connectivity index is 1.77. The number of ether oxygens (including phenoxy) is 1. The molecule has 1 heterocycles. The monoisotopic (exact) mass is 410 g/mol. The van der Waals surface area contributed by atoms with Crippen LogP contribution in [0.25, 0.3) is 5.69 Å². The Bertz CT molecular complexity index is 1050. The van der Waals surface area contributed by atoms with Gasteiger partial charge in [-0.2, -0.15) is 5.10 Å². The zero-order valence-electron chi connectivity index (χ0n) is 15.4. The van der Waals surface area contributed by atoms with Gasteiger partial charge in [0.25, 0.3) is 0 Å². The molecule has 152 valence electrons. The Kier molecular flexibility index (Phi) is 5.67. The van der Waals surface area contributed by atoms with Crippen LogP contribution < -0.4 is 0 Å². The van der Waals surface area contributed by atoms with Crippen LogP contribution in [-0.2, 0) is 22.6 Å². The first-order valence-electron chi connectivity index (χ1n) is 8.48. The number of esters is 1. The van der Waals surface area contributed by atoms with E-state index in [9.17, 15) is 26.7 Å². The minimum atomic E-state index is -2.27. The molecule has 0 aliphatic heterocycles. The number of para-hydroxylation sites is 1. The van der Waals surface area contributed by atoms with Crippen LogP contribution >= 0.6 is 0 Å². The fourth-order valence-corrected chi connectivity index (χ4v) is 2.88. The van der Waals surface area contributed by atoms with Crippen LogP contribution in [0.3, 0.4) is 0 Å². The maximum atomic E-state index is 13.7. The van der Waals surface area contributed by atoms with Gasteiger partial charge in [-0.3, -0.25) is 4.79 Å². The minimum Gasteiger partial charge on any atom is -0.460 e. The zero-order valence-corrected chi connectivity index (χ0v) is 15.4. The molecule has 4 nitrogen and oxygen atoms in total. The molecule has 0 radical (unpaired) electrons. The molecule has 9 heteroatoms. The highest BCUT2D eigenvalue weighted by molar-refractivity contribution is 5.73. The normalized spacial score (nSPS) is 11.0. The van der Waals surface area contributed by atoms with Gasteiger partial charge in [0.15, 0.2) is 23.3 Å². The van der Waals surface area contributed by atoms with Crippen molar-refractivity contribution in [1.82, 2.24) is 9.78 Å². The van der Waals surface area contributed by atoms with Crippen molar-refractivity contribution >= 4 is 5.97 Å². The lowest BCUT2D eigenvalue weighted by Gasteiger charge is -2.09. The number of aryl methyl sites for hydroxylation is 1. The number of hydrogen-bond acceptors (Lipinski definition) is 3. The second-order valence-corrected chi connectivity index (χ2v) is 6.28. The summed E-state index contributed by atoms with van der Waals surface area (Å²) in [6.07, 6.45) is -0.278. The molecule has 0 spiro atoms. The van der Waals surface area contributed by atoms with E-state index in [1.165, 1.54) is 0 Å². The molecular weight excluding hydrogens is 395 g/mol. The third kappa shape index (κ3) is 3.85. The van der Waals surface area contributed by atoms with E-state index in [0.717, 1.165) is 5.69 Å². The van der Waals surface area contributed by atoms with Crippen molar-refractivity contribution < 1.29 is 31.5 Å². The van der Waals surface area contributed by atoms with Crippen molar-refractivity contribution in [3.05, 3.63) is 81.9 Å². The van der Waals surface area contributed by atoms with Crippen LogP contribution in [0.5, 0.6) is 0 Å². The molecule has 3 rings (SSSR count). The minimum absolute atomic E-state index is 0.278. The summed E-state index contributed by atoms with van der Waals surface area (Å²) in [4.78, 5) is 12.1. The maximum absolute atomic E-state index is 13.7. The summed E-state index contributed by atoms with van der Waals surface area (Å²) >= 11 is 0. The number of carbonyl (C=O) groups is 1. The summed E-state index contributed by atoms with van der Waals surface area (Å²) in [7, 11) is 0. The summed E-state index contributed by atoms with van der Waals surface area (Å²) in [6, 6.07) is 9.13. The van der Waals surface area contributed by atoms with Gasteiger partial charge >= 0.3 is 5.97 Å². The summed E-state index contributed by atoms with van der Waals surface area (Å²) in [5.41, 5.74) is 1.30. The van der Waals surface area contributed by atoms with Crippen LogP contribution in [0.4, 0.5) is 22.0 Å². The van der Waals surface area contributed by atoms with Gasteiger partial charge in [-0.15, -0.1) is 0 Å². The molecule has 0 aliphatic carbocycles. The van der Waals surface area contributed by atoms with E-state index in [0.29, 0.717) is 17.0 Å². The molecule has 3 aromatic rings. The molecule has 0 bridgehead atoms. The number of rotatable bonds is 5. The molecule has 0 fully saturated rings. The van der Waals surface area contributed by atoms with Crippen molar-refractivity contribution in [1.29, 1.82) is 0 Å². The highest BCUT2D eigenvalue weighted by atomic mass is 19.2. The summed E-state index contributed by atoms with van der Waals surface area (Å²) < 4.78 is 73.3. The predicted molar refractivity (Wildman–Crippen MR) is 92.8 cm³/mol. The fourth-order valence-electron chi connectivity index (χ4n) is 2.88. The van der Waals surface area contributed by atoms with Gasteiger partial charge in [0, 0.05) is 11.3 Å². The van der Waals surface area contributed by atoms with Crippen LogP contribution in [0.1, 0.15) is 22.5 Å². The van der Waals surface area contributed by atoms with E-state index < -0.39 is 47.2 Å². The molecule has 0 amide bonds. The molecule has 1 aromatic heterocycles. The molecule has 2 aromatic carbocycles. The van der Waals surface area contributed by atoms with E-state index in [1.54, 1.807) is 18.5 Å². The Morgan fingerprint density at radius 2 is 1.45 bits per heavy atom. The van der Waals surface area contributed by atoms with Crippen LogP contribution in [0.15, 0.2) is 30.3 Å². The van der Waals surface area contributed by atoms with E-state index in [-0.39, 0.29) is 6.42 Å². The van der Waals surface area contributed by atoms with E-state index in [1.807, 2.05) is 30.3 Å². The Labute approximate surface area is 162 Å². The highest BCUT2D eigenvalue weighted by Gasteiger charge is 2.26. The van der Waals surface area contributed by atoms with E-state index in [4.69, 9.17) is 4.74 Å². The lowest BCUT2D eigenvalue weighted by Crippen LogP contribution is -2.13. The number of halogens is 5. The van der Waals surface area contributed by atoms with Crippen molar-refractivity contribution in [2.75, 3.05) is 0 Å². The van der Waals surface area contributed by atoms with Crippen molar-refractivity contribution in [3.8, 4) is 5.69 Å². The van der Waals surface area contributed by atoms with Crippen LogP contribution in [-0.4, -0.2) is 15.7 Å². The smallest absolute Gasteiger partial charge is 0.310 e. The maximum Gasteiger partial charge on any atom is 0.310 e.